The zero-order valence-corrected chi connectivity index (χ0v) is 18.9. The van der Waals surface area contributed by atoms with Crippen LogP contribution in [-0.2, 0) is 25.7 Å². The molecule has 1 aromatic heterocycles. The number of aliphatic hydroxyl groups excluding tert-OH is 1. The molecule has 1 aromatic carbocycles. The van der Waals surface area contributed by atoms with Crippen molar-refractivity contribution in [1.29, 1.82) is 0 Å². The lowest BCUT2D eigenvalue weighted by molar-refractivity contribution is -0.147. The molecule has 0 saturated carbocycles. The second kappa shape index (κ2) is 9.53. The maximum atomic E-state index is 13.9. The number of aliphatic hydroxyl groups is 1. The molecule has 1 aliphatic rings. The number of hydrogen-bond donors (Lipinski definition) is 1. The Kier molecular flexibility index (Phi) is 7.41. The molecule has 1 unspecified atom stereocenters. The van der Waals surface area contributed by atoms with Crippen molar-refractivity contribution in [3.05, 3.63) is 46.8 Å². The maximum Gasteiger partial charge on any atom is 0.451 e. The first-order valence-electron chi connectivity index (χ1n) is 9.42. The van der Waals surface area contributed by atoms with Gasteiger partial charge in [0.15, 0.2) is 11.6 Å². The number of rotatable bonds is 6. The molecule has 0 radical (unpaired) electrons. The van der Waals surface area contributed by atoms with E-state index in [4.69, 9.17) is 0 Å². The quantitative estimate of drug-likeness (QED) is 0.252. The molecule has 12 heteroatoms. The van der Waals surface area contributed by atoms with Crippen molar-refractivity contribution in [2.75, 3.05) is 11.5 Å². The van der Waals surface area contributed by atoms with Gasteiger partial charge in [-0.05, 0) is 28.9 Å². The van der Waals surface area contributed by atoms with Gasteiger partial charge in [-0.15, -0.1) is 30.9 Å². The van der Waals surface area contributed by atoms with Crippen LogP contribution in [-0.4, -0.2) is 46.0 Å². The predicted octanol–water partition coefficient (Wildman–Crippen LogP) is 3.89. The summed E-state index contributed by atoms with van der Waals surface area (Å²) in [6.45, 7) is 2.40. The van der Waals surface area contributed by atoms with Gasteiger partial charge in [-0.3, -0.25) is 4.90 Å². The van der Waals surface area contributed by atoms with Crippen LogP contribution < -0.4 is 0 Å². The Morgan fingerprint density at radius 1 is 1.13 bits per heavy atom. The Morgan fingerprint density at radius 2 is 1.81 bits per heavy atom. The minimum atomic E-state index is -4.56. The molecule has 2 atom stereocenters. The number of fused-ring (bicyclic) bond motifs is 1. The highest BCUT2D eigenvalue weighted by Gasteiger charge is 2.39. The molecule has 31 heavy (non-hydrogen) atoms. The van der Waals surface area contributed by atoms with E-state index in [1.165, 1.54) is 0 Å². The van der Waals surface area contributed by atoms with Crippen LogP contribution in [0.3, 0.4) is 0 Å². The molecule has 0 bridgehead atoms. The van der Waals surface area contributed by atoms with Crippen molar-refractivity contribution in [2.45, 2.75) is 45.1 Å². The van der Waals surface area contributed by atoms with Crippen LogP contribution in [0.4, 0.5) is 26.3 Å². The van der Waals surface area contributed by atoms with Crippen molar-refractivity contribution < 1.29 is 31.4 Å². The SMILES string of the molecule is CI=C(C[C@@H](C)C(O)Cc1cc(F)c(F)cc1F)N1CCn2c(nnc2C(F)(F)F)C1. The van der Waals surface area contributed by atoms with Gasteiger partial charge in [0.25, 0.3) is 0 Å². The number of halogens is 7. The van der Waals surface area contributed by atoms with Crippen LogP contribution in [0.5, 0.6) is 0 Å². The topological polar surface area (TPSA) is 54.2 Å². The van der Waals surface area contributed by atoms with Crippen LogP contribution in [0.2, 0.25) is 0 Å². The smallest absolute Gasteiger partial charge is 0.392 e. The van der Waals surface area contributed by atoms with Gasteiger partial charge in [0, 0.05) is 29.2 Å². The summed E-state index contributed by atoms with van der Waals surface area (Å²) in [4.78, 5) is 3.96. The van der Waals surface area contributed by atoms with Gasteiger partial charge in [-0.25, -0.2) is 13.2 Å². The van der Waals surface area contributed by atoms with Gasteiger partial charge in [0.2, 0.25) is 5.82 Å². The highest BCUT2D eigenvalue weighted by Crippen LogP contribution is 2.30. The van der Waals surface area contributed by atoms with E-state index in [1.807, 2.05) is 9.83 Å². The maximum absolute atomic E-state index is 13.9. The molecule has 172 valence electrons. The molecule has 3 rings (SSSR count). The minimum absolute atomic E-state index is 0.0986. The highest BCUT2D eigenvalue weighted by atomic mass is 127. The lowest BCUT2D eigenvalue weighted by atomic mass is 9.94. The standard InChI is InChI=1S/C19H21F6IN4O/c1-10(15(31)7-11-6-13(21)14(22)8-12(11)20)5-16(26-2)29-3-4-30-17(9-29)27-28-18(30)19(23,24)25/h6,8,10,15,31H,3-5,7,9H2,1-2H3/t10-,15?/m1/s1. The van der Waals surface area contributed by atoms with Crippen molar-refractivity contribution in [3.63, 3.8) is 0 Å². The van der Waals surface area contributed by atoms with E-state index >= 15 is 0 Å². The molecule has 0 fully saturated rings. The Balaban J connectivity index is 1.66. The second-order valence-corrected chi connectivity index (χ2v) is 9.71. The van der Waals surface area contributed by atoms with Crippen molar-refractivity contribution >= 4 is 24.4 Å². The first-order valence-corrected chi connectivity index (χ1v) is 12.7. The number of aromatic nitrogens is 3. The normalized spacial score (nSPS) is 17.8. The van der Waals surface area contributed by atoms with Gasteiger partial charge in [0.05, 0.1) is 12.6 Å². The summed E-state index contributed by atoms with van der Waals surface area (Å²) in [5.74, 6) is -4.50. The third-order valence-electron chi connectivity index (χ3n) is 5.23. The van der Waals surface area contributed by atoms with Crippen LogP contribution in [0.15, 0.2) is 12.1 Å². The number of nitrogens with zero attached hydrogens (tertiary/aromatic N) is 4. The summed E-state index contributed by atoms with van der Waals surface area (Å²) in [6, 6.07) is 1.20. The van der Waals surface area contributed by atoms with E-state index in [9.17, 15) is 31.4 Å². The van der Waals surface area contributed by atoms with Gasteiger partial charge in [-0.1, -0.05) is 6.92 Å². The fourth-order valence-corrected chi connectivity index (χ4v) is 5.68. The zero-order chi connectivity index (χ0) is 22.9. The molecule has 0 aliphatic carbocycles. The van der Waals surface area contributed by atoms with Crippen molar-refractivity contribution in [1.82, 2.24) is 19.7 Å². The molecule has 2 heterocycles. The first-order chi connectivity index (χ1) is 14.5. The van der Waals surface area contributed by atoms with Crippen LogP contribution >= 0.6 is 20.7 Å². The molecule has 5 nitrogen and oxygen atoms in total. The van der Waals surface area contributed by atoms with Gasteiger partial charge < -0.3 is 9.67 Å². The van der Waals surface area contributed by atoms with Gasteiger partial charge in [-0.2, -0.15) is 13.2 Å². The molecule has 0 amide bonds. The molecule has 1 N–H and O–H groups in total. The Labute approximate surface area is 184 Å². The van der Waals surface area contributed by atoms with E-state index in [0.717, 1.165) is 14.3 Å². The molecular formula is C19H21F6IN4O. The van der Waals surface area contributed by atoms with E-state index in [-0.39, 0.29) is 36.8 Å². The first kappa shape index (κ1) is 24.1. The summed E-state index contributed by atoms with van der Waals surface area (Å²) in [7, 11) is 0. The Hall–Kier alpha value is -1.54. The predicted molar refractivity (Wildman–Crippen MR) is 110 cm³/mol. The van der Waals surface area contributed by atoms with Gasteiger partial charge >= 0.3 is 6.18 Å². The van der Waals surface area contributed by atoms with Crippen molar-refractivity contribution in [3.8, 4) is 0 Å². The van der Waals surface area contributed by atoms with E-state index in [0.29, 0.717) is 19.0 Å². The van der Waals surface area contributed by atoms with Crippen LogP contribution in [0.1, 0.15) is 30.6 Å². The second-order valence-electron chi connectivity index (χ2n) is 7.39. The summed E-state index contributed by atoms with van der Waals surface area (Å²) in [5, 5.41) is 17.4. The minimum Gasteiger partial charge on any atom is -0.392 e. The molecule has 2 aromatic rings. The zero-order valence-electron chi connectivity index (χ0n) is 16.7. The number of alkyl halides is 4. The lowest BCUT2D eigenvalue weighted by Crippen LogP contribution is -2.40. The summed E-state index contributed by atoms with van der Waals surface area (Å²) < 4.78 is 81.5. The molecular weight excluding hydrogens is 541 g/mol. The molecule has 1 aliphatic heterocycles. The number of benzene rings is 1. The number of hydrogen-bond acceptors (Lipinski definition) is 4. The fourth-order valence-electron chi connectivity index (χ4n) is 3.45. The van der Waals surface area contributed by atoms with Crippen molar-refractivity contribution in [2.24, 2.45) is 5.92 Å². The molecule has 0 saturated heterocycles. The van der Waals surface area contributed by atoms with Crippen LogP contribution in [0, 0.1) is 23.4 Å². The largest absolute Gasteiger partial charge is 0.451 e. The monoisotopic (exact) mass is 562 g/mol. The van der Waals surface area contributed by atoms with E-state index < -0.39 is 56.3 Å². The Morgan fingerprint density at radius 3 is 2.45 bits per heavy atom. The summed E-state index contributed by atoms with van der Waals surface area (Å²) in [5.41, 5.74) is -0.114. The average Bonchev–Trinajstić information content (AvgIpc) is 3.13. The average molecular weight is 562 g/mol. The summed E-state index contributed by atoms with van der Waals surface area (Å²) >= 11 is -0.458. The third-order valence-corrected chi connectivity index (χ3v) is 7.60. The van der Waals surface area contributed by atoms with Crippen LogP contribution in [0.25, 0.3) is 0 Å². The van der Waals surface area contributed by atoms with E-state index in [1.54, 1.807) is 6.92 Å². The Bertz CT molecular complexity index is 977. The molecule has 0 spiro atoms. The summed E-state index contributed by atoms with van der Waals surface area (Å²) in [6.07, 6.45) is -5.29. The fraction of sp³-hybridized carbons (Fsp3) is 0.526. The third kappa shape index (κ3) is 5.45. The highest BCUT2D eigenvalue weighted by molar-refractivity contribution is 14.2. The lowest BCUT2D eigenvalue weighted by Gasteiger charge is -2.31. The van der Waals surface area contributed by atoms with Gasteiger partial charge in [0.1, 0.15) is 11.6 Å². The van der Waals surface area contributed by atoms with E-state index in [2.05, 4.69) is 10.2 Å².